The third kappa shape index (κ3) is 1.56. The molecular formula is C9H14F3N. The van der Waals surface area contributed by atoms with Crippen LogP contribution < -0.4 is 5.73 Å². The van der Waals surface area contributed by atoms with E-state index in [1.807, 2.05) is 0 Å². The van der Waals surface area contributed by atoms with E-state index in [0.29, 0.717) is 12.8 Å². The van der Waals surface area contributed by atoms with Crippen LogP contribution >= 0.6 is 0 Å². The average Bonchev–Trinajstić information content (AvgIpc) is 2.59. The van der Waals surface area contributed by atoms with Gasteiger partial charge in [0.05, 0.1) is 5.92 Å². The van der Waals surface area contributed by atoms with E-state index in [2.05, 4.69) is 0 Å². The van der Waals surface area contributed by atoms with Gasteiger partial charge in [-0.15, -0.1) is 0 Å². The minimum atomic E-state index is -4.00. The Hall–Kier alpha value is -0.250. The second-order valence-corrected chi connectivity index (χ2v) is 4.51. The molecule has 1 spiro atoms. The lowest BCUT2D eigenvalue weighted by atomic mass is 9.78. The number of hydrogen-bond acceptors (Lipinski definition) is 1. The van der Waals surface area contributed by atoms with E-state index in [1.54, 1.807) is 0 Å². The minimum absolute atomic E-state index is 0.0395. The molecule has 0 heterocycles. The van der Waals surface area contributed by atoms with Crippen molar-refractivity contribution in [2.75, 3.05) is 0 Å². The van der Waals surface area contributed by atoms with Crippen molar-refractivity contribution < 1.29 is 13.2 Å². The molecule has 0 amide bonds. The van der Waals surface area contributed by atoms with Crippen LogP contribution in [0.4, 0.5) is 13.2 Å². The summed E-state index contributed by atoms with van der Waals surface area (Å²) in [5, 5.41) is 0. The third-order valence-corrected chi connectivity index (χ3v) is 3.60. The van der Waals surface area contributed by atoms with Crippen LogP contribution in [0.1, 0.15) is 32.1 Å². The van der Waals surface area contributed by atoms with Crippen LogP contribution in [0.25, 0.3) is 0 Å². The van der Waals surface area contributed by atoms with Gasteiger partial charge in [0.15, 0.2) is 0 Å². The molecule has 76 valence electrons. The van der Waals surface area contributed by atoms with Gasteiger partial charge in [-0.25, -0.2) is 0 Å². The Labute approximate surface area is 75.5 Å². The molecule has 0 bridgehead atoms. The Kier molecular flexibility index (Phi) is 1.88. The fourth-order valence-corrected chi connectivity index (χ4v) is 2.58. The highest BCUT2D eigenvalue weighted by molar-refractivity contribution is 5.08. The highest BCUT2D eigenvalue weighted by atomic mass is 19.4. The molecule has 0 saturated heterocycles. The second kappa shape index (κ2) is 2.62. The minimum Gasteiger partial charge on any atom is -0.327 e. The molecule has 2 N–H and O–H groups in total. The molecule has 3 atom stereocenters. The zero-order chi connectivity index (χ0) is 9.69. The molecule has 2 rings (SSSR count). The van der Waals surface area contributed by atoms with E-state index < -0.39 is 12.1 Å². The number of rotatable bonds is 0. The van der Waals surface area contributed by atoms with Gasteiger partial charge in [0, 0.05) is 6.04 Å². The van der Waals surface area contributed by atoms with E-state index in [1.165, 1.54) is 0 Å². The molecule has 2 aliphatic carbocycles. The molecule has 1 nitrogen and oxygen atoms in total. The maximum atomic E-state index is 12.4. The number of nitrogens with two attached hydrogens (primary N) is 1. The van der Waals surface area contributed by atoms with Gasteiger partial charge in [-0.3, -0.25) is 0 Å². The normalized spacial score (nSPS) is 45.2. The van der Waals surface area contributed by atoms with E-state index in [-0.39, 0.29) is 17.9 Å². The summed E-state index contributed by atoms with van der Waals surface area (Å²) in [6.45, 7) is 0. The van der Waals surface area contributed by atoms with Crippen molar-refractivity contribution in [1.29, 1.82) is 0 Å². The SMILES string of the molecule is N[C@H]1C[C@]12CCC[C@@H](C(F)(F)F)C2. The maximum Gasteiger partial charge on any atom is 0.391 e. The van der Waals surface area contributed by atoms with Crippen molar-refractivity contribution in [2.45, 2.75) is 44.3 Å². The van der Waals surface area contributed by atoms with Crippen LogP contribution in [0.2, 0.25) is 0 Å². The summed E-state index contributed by atoms with van der Waals surface area (Å²) in [4.78, 5) is 0. The molecule has 0 unspecified atom stereocenters. The van der Waals surface area contributed by atoms with Gasteiger partial charge in [0.25, 0.3) is 0 Å². The average molecular weight is 193 g/mol. The molecule has 2 saturated carbocycles. The zero-order valence-corrected chi connectivity index (χ0v) is 7.40. The van der Waals surface area contributed by atoms with E-state index in [0.717, 1.165) is 12.8 Å². The van der Waals surface area contributed by atoms with Crippen LogP contribution in [0, 0.1) is 11.3 Å². The largest absolute Gasteiger partial charge is 0.391 e. The molecule has 2 fully saturated rings. The summed E-state index contributed by atoms with van der Waals surface area (Å²) in [6, 6.07) is 0.0395. The summed E-state index contributed by atoms with van der Waals surface area (Å²) < 4.78 is 37.2. The van der Waals surface area contributed by atoms with Crippen molar-refractivity contribution in [3.8, 4) is 0 Å². The van der Waals surface area contributed by atoms with Crippen LogP contribution in [-0.4, -0.2) is 12.2 Å². The van der Waals surface area contributed by atoms with Gasteiger partial charge < -0.3 is 5.73 Å². The summed E-state index contributed by atoms with van der Waals surface area (Å²) >= 11 is 0. The van der Waals surface area contributed by atoms with Crippen molar-refractivity contribution in [3.05, 3.63) is 0 Å². The Bertz CT molecular complexity index is 213. The lowest BCUT2D eigenvalue weighted by Crippen LogP contribution is -2.31. The summed E-state index contributed by atoms with van der Waals surface area (Å²) in [5.74, 6) is -1.09. The van der Waals surface area contributed by atoms with Crippen molar-refractivity contribution in [2.24, 2.45) is 17.1 Å². The quantitative estimate of drug-likeness (QED) is 0.628. The van der Waals surface area contributed by atoms with Gasteiger partial charge in [0.2, 0.25) is 0 Å². The van der Waals surface area contributed by atoms with Gasteiger partial charge >= 0.3 is 6.18 Å². The van der Waals surface area contributed by atoms with Crippen LogP contribution in [0.5, 0.6) is 0 Å². The van der Waals surface area contributed by atoms with Crippen molar-refractivity contribution >= 4 is 0 Å². The number of hydrogen-bond donors (Lipinski definition) is 1. The first-order valence-corrected chi connectivity index (χ1v) is 4.76. The summed E-state index contributed by atoms with van der Waals surface area (Å²) in [5.41, 5.74) is 5.54. The predicted molar refractivity (Wildman–Crippen MR) is 43.0 cm³/mol. The van der Waals surface area contributed by atoms with Crippen LogP contribution in [0.15, 0.2) is 0 Å². The fourth-order valence-electron chi connectivity index (χ4n) is 2.58. The Morgan fingerprint density at radius 1 is 1.23 bits per heavy atom. The molecule has 2 aliphatic rings. The van der Waals surface area contributed by atoms with E-state index in [9.17, 15) is 13.2 Å². The first-order chi connectivity index (χ1) is 5.94. The zero-order valence-electron chi connectivity index (χ0n) is 7.40. The molecule has 13 heavy (non-hydrogen) atoms. The molecule has 4 heteroatoms. The Morgan fingerprint density at radius 3 is 2.31 bits per heavy atom. The van der Waals surface area contributed by atoms with Gasteiger partial charge in [-0.1, -0.05) is 6.42 Å². The topological polar surface area (TPSA) is 26.0 Å². The number of alkyl halides is 3. The second-order valence-electron chi connectivity index (χ2n) is 4.51. The Balaban J connectivity index is 2.01. The first kappa shape index (κ1) is 9.31. The van der Waals surface area contributed by atoms with Crippen LogP contribution in [-0.2, 0) is 0 Å². The van der Waals surface area contributed by atoms with Gasteiger partial charge in [0.1, 0.15) is 0 Å². The van der Waals surface area contributed by atoms with E-state index in [4.69, 9.17) is 5.73 Å². The molecule has 0 radical (unpaired) electrons. The van der Waals surface area contributed by atoms with Gasteiger partial charge in [-0.2, -0.15) is 13.2 Å². The number of halogens is 3. The molecule has 0 aromatic heterocycles. The molecule has 0 aromatic rings. The standard InChI is InChI=1S/C9H14F3N/c10-9(11,12)6-2-1-3-8(4-6)5-7(8)13/h6-7H,1-5,13H2/t6-,7+,8-/m1/s1. The van der Waals surface area contributed by atoms with Crippen molar-refractivity contribution in [3.63, 3.8) is 0 Å². The summed E-state index contributed by atoms with van der Waals surface area (Å²) in [6.07, 6.45) is -1.02. The lowest BCUT2D eigenvalue weighted by molar-refractivity contribution is -0.187. The molecule has 0 aromatic carbocycles. The van der Waals surface area contributed by atoms with Gasteiger partial charge in [-0.05, 0) is 31.1 Å². The molecule has 0 aliphatic heterocycles. The maximum absolute atomic E-state index is 12.4. The fraction of sp³-hybridized carbons (Fsp3) is 1.00. The van der Waals surface area contributed by atoms with Crippen molar-refractivity contribution in [1.82, 2.24) is 0 Å². The highest BCUT2D eigenvalue weighted by Crippen LogP contribution is 2.58. The van der Waals surface area contributed by atoms with E-state index >= 15 is 0 Å². The predicted octanol–water partition coefficient (Wildman–Crippen LogP) is 2.46. The third-order valence-electron chi connectivity index (χ3n) is 3.60. The highest BCUT2D eigenvalue weighted by Gasteiger charge is 2.57. The first-order valence-electron chi connectivity index (χ1n) is 4.76. The Morgan fingerprint density at radius 2 is 1.85 bits per heavy atom. The lowest BCUT2D eigenvalue weighted by Gasteiger charge is -2.31. The summed E-state index contributed by atoms with van der Waals surface area (Å²) in [7, 11) is 0. The van der Waals surface area contributed by atoms with Crippen LogP contribution in [0.3, 0.4) is 0 Å². The smallest absolute Gasteiger partial charge is 0.327 e. The monoisotopic (exact) mass is 193 g/mol. The molecular weight excluding hydrogens is 179 g/mol.